The zero-order chi connectivity index (χ0) is 38.7. The van der Waals surface area contributed by atoms with Crippen LogP contribution in [0.5, 0.6) is 5.75 Å². The number of fused-ring (bicyclic) bond motifs is 3. The van der Waals surface area contributed by atoms with E-state index in [1.54, 1.807) is 6.20 Å². The molecule has 11 nitrogen and oxygen atoms in total. The summed E-state index contributed by atoms with van der Waals surface area (Å²) in [5.74, 6) is 1.46. The molecule has 0 atom stereocenters. The van der Waals surface area contributed by atoms with Gasteiger partial charge in [0.05, 0.1) is 29.9 Å². The number of ether oxygens (including phenoxy) is 1. The molecular weight excluding hydrogens is 709 g/mol. The van der Waals surface area contributed by atoms with Gasteiger partial charge in [-0.05, 0) is 99.0 Å². The molecule has 0 unspecified atom stereocenters. The molecule has 0 aliphatic carbocycles. The lowest BCUT2D eigenvalue weighted by Gasteiger charge is -2.19. The van der Waals surface area contributed by atoms with Gasteiger partial charge in [0, 0.05) is 81.9 Å². The van der Waals surface area contributed by atoms with Gasteiger partial charge in [0.15, 0.2) is 5.82 Å². The van der Waals surface area contributed by atoms with Gasteiger partial charge in [-0.3, -0.25) is 15.0 Å². The van der Waals surface area contributed by atoms with Crippen LogP contribution in [-0.4, -0.2) is 58.5 Å². The highest BCUT2D eigenvalue weighted by Gasteiger charge is 2.21. The standard InChI is InChI=1S/C26H23N5.C20H17N5O/c1-17-4-3-5-24(30-17)25-13-23(22-10-11-29-26(22)31-25)21-12-20(15-28-16-21)19-8-6-18(7-9-19)14-27-2;1-12-4-2-6-16(23-12)20-24-18(14-7-8-22-19(14)25-20)15-10-21-11-17-13(15)5-3-9-26-17/h3-13,15-16,27H,14H2,1-2H3,(H,29,31);2,4,6-8,10-11H,3,5,9H2,1H3,(H,22,24,25). The molecule has 0 radical (unpaired) electrons. The van der Waals surface area contributed by atoms with Gasteiger partial charge in [0.2, 0.25) is 0 Å². The number of aromatic amines is 2. The smallest absolute Gasteiger partial charge is 0.180 e. The lowest BCUT2D eigenvalue weighted by molar-refractivity contribution is 0.287. The van der Waals surface area contributed by atoms with Gasteiger partial charge >= 0.3 is 0 Å². The van der Waals surface area contributed by atoms with Gasteiger partial charge in [-0.1, -0.05) is 36.4 Å². The number of aryl methyl sites for hydroxylation is 2. The summed E-state index contributed by atoms with van der Waals surface area (Å²) in [5, 5.41) is 5.23. The molecule has 0 amide bonds. The molecule has 0 bridgehead atoms. The summed E-state index contributed by atoms with van der Waals surface area (Å²) in [7, 11) is 1.96. The molecule has 0 spiro atoms. The number of rotatable bonds is 7. The molecular formula is C46H40N10O. The summed E-state index contributed by atoms with van der Waals surface area (Å²) in [5.41, 5.74) is 14.7. The van der Waals surface area contributed by atoms with E-state index in [4.69, 9.17) is 14.7 Å². The Morgan fingerprint density at radius 3 is 2.14 bits per heavy atom. The Kier molecular flexibility index (Phi) is 9.71. The van der Waals surface area contributed by atoms with Crippen LogP contribution in [0.25, 0.3) is 78.5 Å². The molecule has 9 heterocycles. The van der Waals surface area contributed by atoms with Crippen LogP contribution in [0.3, 0.4) is 0 Å². The summed E-state index contributed by atoms with van der Waals surface area (Å²) >= 11 is 0. The highest BCUT2D eigenvalue weighted by Crippen LogP contribution is 2.37. The van der Waals surface area contributed by atoms with E-state index in [9.17, 15) is 0 Å². The Morgan fingerprint density at radius 1 is 0.632 bits per heavy atom. The Morgan fingerprint density at radius 2 is 1.35 bits per heavy atom. The van der Waals surface area contributed by atoms with Crippen molar-refractivity contribution in [2.24, 2.45) is 0 Å². The van der Waals surface area contributed by atoms with Gasteiger partial charge in [0.1, 0.15) is 22.7 Å². The number of hydrogen-bond donors (Lipinski definition) is 3. The molecule has 8 aromatic heterocycles. The van der Waals surface area contributed by atoms with E-state index in [1.165, 1.54) is 5.56 Å². The summed E-state index contributed by atoms with van der Waals surface area (Å²) in [6.45, 7) is 5.55. The number of pyridine rings is 5. The quantitative estimate of drug-likeness (QED) is 0.145. The monoisotopic (exact) mass is 748 g/mol. The van der Waals surface area contributed by atoms with Crippen LogP contribution in [0, 0.1) is 13.8 Å². The fourth-order valence-corrected chi connectivity index (χ4v) is 7.27. The molecule has 1 aliphatic heterocycles. The van der Waals surface area contributed by atoms with E-state index < -0.39 is 0 Å². The largest absolute Gasteiger partial charge is 0.492 e. The van der Waals surface area contributed by atoms with Gasteiger partial charge in [-0.2, -0.15) is 0 Å². The fraction of sp³-hybridized carbons (Fsp3) is 0.152. The van der Waals surface area contributed by atoms with Crippen molar-refractivity contribution in [3.05, 3.63) is 145 Å². The highest BCUT2D eigenvalue weighted by atomic mass is 16.5. The minimum Gasteiger partial charge on any atom is -0.492 e. The van der Waals surface area contributed by atoms with E-state index in [0.717, 1.165) is 121 Å². The molecule has 57 heavy (non-hydrogen) atoms. The summed E-state index contributed by atoms with van der Waals surface area (Å²) in [6.07, 6.45) is 13.2. The SMILES string of the molecule is CNCc1ccc(-c2cncc(-c3cc(-c4cccc(C)n4)nc4[nH]ccc34)c2)cc1.Cc1cccc(-c2nc(-c3cncc4c3CCCO4)c3cc[nH]c3n2)n1. The summed E-state index contributed by atoms with van der Waals surface area (Å²) < 4.78 is 5.78. The molecule has 3 N–H and O–H groups in total. The Bertz CT molecular complexity index is 2860. The first kappa shape index (κ1) is 35.6. The van der Waals surface area contributed by atoms with Crippen molar-refractivity contribution in [3.63, 3.8) is 0 Å². The van der Waals surface area contributed by atoms with Crippen molar-refractivity contribution in [1.29, 1.82) is 0 Å². The minimum absolute atomic E-state index is 0.605. The van der Waals surface area contributed by atoms with Crippen LogP contribution in [0.4, 0.5) is 0 Å². The van der Waals surface area contributed by atoms with E-state index in [0.29, 0.717) is 5.82 Å². The third-order valence-corrected chi connectivity index (χ3v) is 10.0. The molecule has 10 rings (SSSR count). The molecule has 0 saturated carbocycles. The van der Waals surface area contributed by atoms with E-state index in [2.05, 4.69) is 82.7 Å². The van der Waals surface area contributed by atoms with Crippen LogP contribution < -0.4 is 10.1 Å². The normalized spacial score (nSPS) is 12.2. The Hall–Kier alpha value is -7.11. The number of nitrogens with zero attached hydrogens (tertiary/aromatic N) is 7. The molecule has 11 heteroatoms. The number of hydrogen-bond acceptors (Lipinski definition) is 9. The van der Waals surface area contributed by atoms with Crippen LogP contribution >= 0.6 is 0 Å². The fourth-order valence-electron chi connectivity index (χ4n) is 7.27. The van der Waals surface area contributed by atoms with E-state index in [1.807, 2.05) is 94.3 Å². The topological polar surface area (TPSA) is 143 Å². The number of benzene rings is 1. The zero-order valence-electron chi connectivity index (χ0n) is 31.9. The molecule has 9 aromatic rings. The van der Waals surface area contributed by atoms with Gasteiger partial charge in [0.25, 0.3) is 0 Å². The van der Waals surface area contributed by atoms with Crippen LogP contribution in [0.15, 0.2) is 122 Å². The number of nitrogens with one attached hydrogen (secondary N) is 3. The maximum atomic E-state index is 5.78. The van der Waals surface area contributed by atoms with Crippen LogP contribution in [0.1, 0.15) is 28.9 Å². The maximum absolute atomic E-state index is 5.78. The second kappa shape index (κ2) is 15.6. The third-order valence-electron chi connectivity index (χ3n) is 10.0. The second-order valence-corrected chi connectivity index (χ2v) is 14.1. The van der Waals surface area contributed by atoms with Crippen molar-refractivity contribution in [2.75, 3.05) is 13.7 Å². The van der Waals surface area contributed by atoms with Crippen molar-refractivity contribution >= 4 is 22.1 Å². The first-order valence-electron chi connectivity index (χ1n) is 19.0. The first-order valence-corrected chi connectivity index (χ1v) is 19.0. The van der Waals surface area contributed by atoms with E-state index >= 15 is 0 Å². The van der Waals surface area contributed by atoms with Crippen molar-refractivity contribution in [2.45, 2.75) is 33.2 Å². The molecule has 280 valence electrons. The minimum atomic E-state index is 0.605. The highest BCUT2D eigenvalue weighted by molar-refractivity contribution is 5.96. The second-order valence-electron chi connectivity index (χ2n) is 14.1. The predicted molar refractivity (Wildman–Crippen MR) is 224 cm³/mol. The number of aromatic nitrogens is 9. The van der Waals surface area contributed by atoms with Crippen LogP contribution in [0.2, 0.25) is 0 Å². The molecule has 1 aliphatic rings. The third kappa shape index (κ3) is 7.36. The lowest BCUT2D eigenvalue weighted by Crippen LogP contribution is -2.10. The number of H-pyrrole nitrogens is 2. The van der Waals surface area contributed by atoms with Crippen molar-refractivity contribution < 1.29 is 4.74 Å². The zero-order valence-corrected chi connectivity index (χ0v) is 31.9. The van der Waals surface area contributed by atoms with Gasteiger partial charge in [-0.15, -0.1) is 0 Å². The van der Waals surface area contributed by atoms with Crippen LogP contribution in [-0.2, 0) is 13.0 Å². The molecule has 0 fully saturated rings. The average Bonchev–Trinajstić information content (AvgIpc) is 3.94. The Labute approximate surface area is 329 Å². The van der Waals surface area contributed by atoms with Crippen molar-refractivity contribution in [3.8, 4) is 62.2 Å². The Balaban J connectivity index is 0.000000150. The van der Waals surface area contributed by atoms with Gasteiger partial charge in [-0.25, -0.2) is 19.9 Å². The summed E-state index contributed by atoms with van der Waals surface area (Å²) in [6, 6.07) is 28.8. The maximum Gasteiger partial charge on any atom is 0.180 e. The predicted octanol–water partition coefficient (Wildman–Crippen LogP) is 9.10. The van der Waals surface area contributed by atoms with E-state index in [-0.39, 0.29) is 0 Å². The molecule has 1 aromatic carbocycles. The van der Waals surface area contributed by atoms with Gasteiger partial charge < -0.3 is 20.0 Å². The first-order chi connectivity index (χ1) is 28.0. The summed E-state index contributed by atoms with van der Waals surface area (Å²) in [4.78, 5) is 38.9. The van der Waals surface area contributed by atoms with Crippen molar-refractivity contribution in [1.82, 2.24) is 50.2 Å². The molecule has 0 saturated heterocycles. The lowest BCUT2D eigenvalue weighted by atomic mass is 9.99. The average molecular weight is 749 g/mol.